The first-order valence-electron chi connectivity index (χ1n) is 12.7. The molecule has 2 aromatic rings. The summed E-state index contributed by atoms with van der Waals surface area (Å²) in [6, 6.07) is 15.7. The number of carboxylic acid groups (broad SMARTS) is 1. The van der Waals surface area contributed by atoms with E-state index < -0.39 is 18.1 Å². The first-order chi connectivity index (χ1) is 17.0. The van der Waals surface area contributed by atoms with Gasteiger partial charge in [-0.2, -0.15) is 0 Å². The van der Waals surface area contributed by atoms with Gasteiger partial charge in [-0.05, 0) is 47.4 Å². The lowest BCUT2D eigenvalue weighted by Crippen LogP contribution is -2.47. The van der Waals surface area contributed by atoms with E-state index in [0.29, 0.717) is 25.9 Å². The van der Waals surface area contributed by atoms with Crippen LogP contribution in [0.5, 0.6) is 0 Å². The second kappa shape index (κ2) is 10.1. The largest absolute Gasteiger partial charge is 0.480 e. The number of alkyl carbamates (subject to hydrolysis) is 1. The molecular weight excluding hydrogens is 444 g/mol. The Hall–Kier alpha value is -3.35. The van der Waals surface area contributed by atoms with Crippen LogP contribution in [0.4, 0.5) is 4.79 Å². The number of fused-ring (bicyclic) bond motifs is 3. The number of hydrogen-bond acceptors (Lipinski definition) is 4. The van der Waals surface area contributed by atoms with Gasteiger partial charge in [0.1, 0.15) is 12.6 Å². The Bertz CT molecular complexity index is 1070. The van der Waals surface area contributed by atoms with Gasteiger partial charge in [-0.3, -0.25) is 4.79 Å². The number of benzene rings is 2. The van der Waals surface area contributed by atoms with E-state index >= 15 is 0 Å². The third-order valence-electron chi connectivity index (χ3n) is 7.66. The van der Waals surface area contributed by atoms with Crippen LogP contribution in [0.2, 0.25) is 0 Å². The fourth-order valence-corrected chi connectivity index (χ4v) is 5.66. The summed E-state index contributed by atoms with van der Waals surface area (Å²) in [5.74, 6) is -1.19. The van der Waals surface area contributed by atoms with E-state index in [1.165, 1.54) is 11.1 Å². The summed E-state index contributed by atoms with van der Waals surface area (Å²) in [5, 5.41) is 12.4. The Morgan fingerprint density at radius 1 is 0.943 bits per heavy atom. The van der Waals surface area contributed by atoms with Crippen molar-refractivity contribution in [1.82, 2.24) is 10.2 Å². The molecule has 7 nitrogen and oxygen atoms in total. The SMILES string of the molecule is O=C(NC[C@@H]1C[C@@H]1C(=O)N1CCCCCCC1C(=O)O)OCC1c2ccccc2-c2ccccc21. The molecule has 5 rings (SSSR count). The third-order valence-corrected chi connectivity index (χ3v) is 7.66. The smallest absolute Gasteiger partial charge is 0.407 e. The van der Waals surface area contributed by atoms with Crippen molar-refractivity contribution in [3.05, 3.63) is 59.7 Å². The lowest BCUT2D eigenvalue weighted by Gasteiger charge is -2.31. The van der Waals surface area contributed by atoms with E-state index in [9.17, 15) is 19.5 Å². The van der Waals surface area contributed by atoms with Gasteiger partial charge < -0.3 is 20.1 Å². The van der Waals surface area contributed by atoms with Gasteiger partial charge in [0, 0.05) is 24.9 Å². The monoisotopic (exact) mass is 476 g/mol. The van der Waals surface area contributed by atoms with E-state index in [4.69, 9.17) is 4.74 Å². The second-order valence-corrected chi connectivity index (χ2v) is 9.90. The molecule has 2 aromatic carbocycles. The van der Waals surface area contributed by atoms with Gasteiger partial charge in [0.15, 0.2) is 0 Å². The van der Waals surface area contributed by atoms with E-state index in [-0.39, 0.29) is 30.3 Å². The van der Waals surface area contributed by atoms with Crippen LogP contribution in [0, 0.1) is 11.8 Å². The minimum atomic E-state index is -0.922. The maximum atomic E-state index is 13.0. The molecule has 2 amide bonds. The van der Waals surface area contributed by atoms with Crippen LogP contribution in [-0.2, 0) is 14.3 Å². The summed E-state index contributed by atoms with van der Waals surface area (Å²) < 4.78 is 5.59. The van der Waals surface area contributed by atoms with Crippen molar-refractivity contribution >= 4 is 18.0 Å². The minimum absolute atomic E-state index is 0.00321. The molecule has 35 heavy (non-hydrogen) atoms. The number of carboxylic acids is 1. The zero-order valence-corrected chi connectivity index (χ0v) is 19.8. The molecule has 1 saturated carbocycles. The molecule has 3 aliphatic rings. The molecule has 1 saturated heterocycles. The Labute approximate surface area is 205 Å². The summed E-state index contributed by atoms with van der Waals surface area (Å²) in [7, 11) is 0. The average Bonchev–Trinajstić information content (AvgIpc) is 3.56. The number of likely N-dealkylation sites (tertiary alicyclic amines) is 1. The molecule has 184 valence electrons. The zero-order chi connectivity index (χ0) is 24.4. The molecule has 3 atom stereocenters. The molecule has 0 radical (unpaired) electrons. The fourth-order valence-electron chi connectivity index (χ4n) is 5.66. The van der Waals surface area contributed by atoms with Gasteiger partial charge in [0.05, 0.1) is 0 Å². The molecule has 1 unspecified atom stereocenters. The number of carbonyl (C=O) groups is 3. The van der Waals surface area contributed by atoms with Crippen molar-refractivity contribution in [2.75, 3.05) is 19.7 Å². The van der Waals surface area contributed by atoms with Crippen LogP contribution in [0.3, 0.4) is 0 Å². The fraction of sp³-hybridized carbons (Fsp3) is 0.464. The van der Waals surface area contributed by atoms with Crippen molar-refractivity contribution in [1.29, 1.82) is 0 Å². The van der Waals surface area contributed by atoms with Gasteiger partial charge in [0.2, 0.25) is 5.91 Å². The number of carbonyl (C=O) groups excluding carboxylic acids is 2. The topological polar surface area (TPSA) is 95.9 Å². The molecule has 2 aliphatic carbocycles. The quantitative estimate of drug-likeness (QED) is 0.644. The van der Waals surface area contributed by atoms with Crippen molar-refractivity contribution in [2.45, 2.75) is 50.5 Å². The summed E-state index contributed by atoms with van der Waals surface area (Å²) in [5.41, 5.74) is 4.69. The summed E-state index contributed by atoms with van der Waals surface area (Å²) >= 11 is 0. The minimum Gasteiger partial charge on any atom is -0.480 e. The number of nitrogens with zero attached hydrogens (tertiary/aromatic N) is 1. The number of ether oxygens (including phenoxy) is 1. The van der Waals surface area contributed by atoms with E-state index in [2.05, 4.69) is 29.6 Å². The lowest BCUT2D eigenvalue weighted by molar-refractivity contribution is -0.151. The molecule has 1 heterocycles. The Morgan fingerprint density at radius 2 is 1.60 bits per heavy atom. The lowest BCUT2D eigenvalue weighted by atomic mass is 9.98. The van der Waals surface area contributed by atoms with Crippen molar-refractivity contribution in [3.8, 4) is 11.1 Å². The first-order valence-corrected chi connectivity index (χ1v) is 12.7. The zero-order valence-electron chi connectivity index (χ0n) is 19.8. The predicted octanol–water partition coefficient (Wildman–Crippen LogP) is 4.41. The number of amides is 2. The van der Waals surface area contributed by atoms with Crippen molar-refractivity contribution < 1.29 is 24.2 Å². The maximum Gasteiger partial charge on any atom is 0.407 e. The summed E-state index contributed by atoms with van der Waals surface area (Å²) in [6.45, 7) is 1.11. The average molecular weight is 477 g/mol. The molecule has 0 spiro atoms. The van der Waals surface area contributed by atoms with Crippen LogP contribution in [0.1, 0.15) is 55.6 Å². The normalized spacial score (nSPS) is 23.4. The number of hydrogen-bond donors (Lipinski definition) is 2. The molecular formula is C28H32N2O5. The van der Waals surface area contributed by atoms with Gasteiger partial charge in [0.25, 0.3) is 0 Å². The molecule has 0 aromatic heterocycles. The Morgan fingerprint density at radius 3 is 2.29 bits per heavy atom. The Balaban J connectivity index is 1.12. The molecule has 7 heteroatoms. The third kappa shape index (κ3) is 4.90. The Kier molecular flexibility index (Phi) is 6.75. The summed E-state index contributed by atoms with van der Waals surface area (Å²) in [6.07, 6.45) is 4.40. The summed E-state index contributed by atoms with van der Waals surface area (Å²) in [4.78, 5) is 38.8. The number of nitrogens with one attached hydrogen (secondary N) is 1. The van der Waals surface area contributed by atoms with Crippen molar-refractivity contribution in [3.63, 3.8) is 0 Å². The highest BCUT2D eigenvalue weighted by atomic mass is 16.5. The van der Waals surface area contributed by atoms with E-state index in [1.54, 1.807) is 4.90 Å². The van der Waals surface area contributed by atoms with Crippen LogP contribution < -0.4 is 5.32 Å². The highest BCUT2D eigenvalue weighted by molar-refractivity contribution is 5.87. The van der Waals surface area contributed by atoms with E-state index in [1.807, 2.05) is 24.3 Å². The molecule has 2 N–H and O–H groups in total. The highest BCUT2D eigenvalue weighted by Crippen LogP contribution is 2.44. The van der Waals surface area contributed by atoms with Gasteiger partial charge in [-0.1, -0.05) is 67.8 Å². The first kappa shape index (κ1) is 23.4. The molecule has 0 bridgehead atoms. The standard InChI is InChI=1S/C28H32N2O5/c31-26(30-14-8-2-1-3-13-25(30)27(32)33)23-15-18(23)16-29-28(34)35-17-24-21-11-6-4-9-19(21)20-10-5-7-12-22(20)24/h4-7,9-12,18,23-25H,1-3,8,13-17H2,(H,29,34)(H,32,33)/t18-,23-,25?/m0/s1. The van der Waals surface area contributed by atoms with Crippen LogP contribution in [0.15, 0.2) is 48.5 Å². The van der Waals surface area contributed by atoms with E-state index in [0.717, 1.165) is 36.8 Å². The van der Waals surface area contributed by atoms with Crippen molar-refractivity contribution in [2.24, 2.45) is 11.8 Å². The van der Waals surface area contributed by atoms with Gasteiger partial charge in [-0.15, -0.1) is 0 Å². The molecule has 2 fully saturated rings. The second-order valence-electron chi connectivity index (χ2n) is 9.90. The van der Waals surface area contributed by atoms with Crippen LogP contribution in [0.25, 0.3) is 11.1 Å². The highest BCUT2D eigenvalue weighted by Gasteiger charge is 2.47. The molecule has 1 aliphatic heterocycles. The van der Waals surface area contributed by atoms with Crippen LogP contribution in [-0.4, -0.2) is 53.7 Å². The number of aliphatic carboxylic acids is 1. The predicted molar refractivity (Wildman–Crippen MR) is 131 cm³/mol. The van der Waals surface area contributed by atoms with Gasteiger partial charge in [-0.25, -0.2) is 9.59 Å². The number of rotatable bonds is 6. The maximum absolute atomic E-state index is 13.0. The van der Waals surface area contributed by atoms with Gasteiger partial charge >= 0.3 is 12.1 Å². The van der Waals surface area contributed by atoms with Crippen LogP contribution >= 0.6 is 0 Å².